The lowest BCUT2D eigenvalue weighted by molar-refractivity contribution is -0.134. The predicted molar refractivity (Wildman–Crippen MR) is 101 cm³/mol. The van der Waals surface area contributed by atoms with E-state index in [9.17, 15) is 9.59 Å². The summed E-state index contributed by atoms with van der Waals surface area (Å²) in [5.41, 5.74) is 2.56. The minimum absolute atomic E-state index is 0.202. The molecule has 0 radical (unpaired) electrons. The van der Waals surface area contributed by atoms with Gasteiger partial charge in [-0.25, -0.2) is 4.79 Å². The number of carboxylic acid groups (broad SMARTS) is 1. The first-order valence-corrected chi connectivity index (χ1v) is 9.29. The highest BCUT2D eigenvalue weighted by molar-refractivity contribution is 5.87. The van der Waals surface area contributed by atoms with Gasteiger partial charge in [-0.3, -0.25) is 4.79 Å². The summed E-state index contributed by atoms with van der Waals surface area (Å²) in [4.78, 5) is 25.7. The van der Waals surface area contributed by atoms with Crippen LogP contribution in [0.2, 0.25) is 0 Å². The van der Waals surface area contributed by atoms with E-state index in [4.69, 9.17) is 5.11 Å². The van der Waals surface area contributed by atoms with Crippen molar-refractivity contribution in [2.24, 2.45) is 0 Å². The Kier molecular flexibility index (Phi) is 6.05. The van der Waals surface area contributed by atoms with Gasteiger partial charge in [-0.15, -0.1) is 0 Å². The van der Waals surface area contributed by atoms with E-state index in [2.05, 4.69) is 17.0 Å². The van der Waals surface area contributed by atoms with Crippen molar-refractivity contribution in [2.45, 2.75) is 44.6 Å². The molecule has 1 atom stereocenters. The number of aromatic carboxylic acids is 1. The first-order valence-electron chi connectivity index (χ1n) is 9.29. The van der Waals surface area contributed by atoms with Crippen molar-refractivity contribution in [3.8, 4) is 0 Å². The van der Waals surface area contributed by atoms with Crippen molar-refractivity contribution in [2.75, 3.05) is 6.54 Å². The Balaban J connectivity index is 1.58. The second-order valence-corrected chi connectivity index (χ2v) is 6.93. The van der Waals surface area contributed by atoms with Crippen LogP contribution in [0.4, 0.5) is 0 Å². The van der Waals surface area contributed by atoms with E-state index in [0.29, 0.717) is 12.8 Å². The monoisotopic (exact) mass is 351 g/mol. The molecule has 0 spiro atoms. The highest BCUT2D eigenvalue weighted by Gasteiger charge is 2.26. The molecular formula is C22H25NO3. The molecule has 1 saturated heterocycles. The molecule has 2 aromatic carbocycles. The van der Waals surface area contributed by atoms with Gasteiger partial charge in [0.1, 0.15) is 0 Å². The lowest BCUT2D eigenvalue weighted by Gasteiger charge is -2.36. The van der Waals surface area contributed by atoms with Crippen LogP contribution in [0.3, 0.4) is 0 Å². The summed E-state index contributed by atoms with van der Waals surface area (Å²) in [6.07, 6.45) is 5.35. The van der Waals surface area contributed by atoms with E-state index in [1.807, 2.05) is 18.2 Å². The molecule has 1 fully saturated rings. The molecule has 0 bridgehead atoms. The molecule has 136 valence electrons. The summed E-state index contributed by atoms with van der Waals surface area (Å²) < 4.78 is 0. The maximum atomic E-state index is 12.8. The number of aryl methyl sites for hydroxylation is 1. The molecule has 1 N–H and O–H groups in total. The summed E-state index contributed by atoms with van der Waals surface area (Å²) in [7, 11) is 0. The van der Waals surface area contributed by atoms with E-state index in [-0.39, 0.29) is 17.5 Å². The average Bonchev–Trinajstić information content (AvgIpc) is 2.67. The van der Waals surface area contributed by atoms with Crippen LogP contribution in [0, 0.1) is 0 Å². The molecule has 1 aliphatic rings. The quantitative estimate of drug-likeness (QED) is 0.857. The Hall–Kier alpha value is -2.62. The van der Waals surface area contributed by atoms with Gasteiger partial charge >= 0.3 is 5.97 Å². The molecule has 4 nitrogen and oxygen atoms in total. The Morgan fingerprint density at radius 1 is 0.962 bits per heavy atom. The van der Waals surface area contributed by atoms with Crippen molar-refractivity contribution in [1.82, 2.24) is 4.90 Å². The Morgan fingerprint density at radius 2 is 1.69 bits per heavy atom. The smallest absolute Gasteiger partial charge is 0.335 e. The number of carboxylic acids is 1. The number of piperidine rings is 1. The first-order chi connectivity index (χ1) is 12.6. The number of hydrogen-bond donors (Lipinski definition) is 1. The highest BCUT2D eigenvalue weighted by Crippen LogP contribution is 2.22. The molecule has 4 heteroatoms. The molecule has 2 aromatic rings. The zero-order chi connectivity index (χ0) is 18.4. The van der Waals surface area contributed by atoms with Crippen LogP contribution in [0.5, 0.6) is 0 Å². The zero-order valence-electron chi connectivity index (χ0n) is 14.9. The molecule has 0 aliphatic carbocycles. The van der Waals surface area contributed by atoms with Crippen LogP contribution in [0.25, 0.3) is 0 Å². The van der Waals surface area contributed by atoms with Crippen molar-refractivity contribution in [3.63, 3.8) is 0 Å². The fourth-order valence-corrected chi connectivity index (χ4v) is 3.64. The zero-order valence-corrected chi connectivity index (χ0v) is 14.9. The van der Waals surface area contributed by atoms with E-state index in [1.165, 1.54) is 12.0 Å². The van der Waals surface area contributed by atoms with Crippen LogP contribution >= 0.6 is 0 Å². The molecule has 3 rings (SSSR count). The average molecular weight is 351 g/mol. The summed E-state index contributed by atoms with van der Waals surface area (Å²) >= 11 is 0. The molecule has 0 aromatic heterocycles. The second kappa shape index (κ2) is 8.65. The van der Waals surface area contributed by atoms with Crippen LogP contribution in [0.1, 0.15) is 47.2 Å². The molecule has 26 heavy (non-hydrogen) atoms. The third-order valence-corrected chi connectivity index (χ3v) is 5.09. The van der Waals surface area contributed by atoms with Gasteiger partial charge in [-0.1, -0.05) is 42.5 Å². The van der Waals surface area contributed by atoms with Crippen molar-refractivity contribution in [1.29, 1.82) is 0 Å². The van der Waals surface area contributed by atoms with Crippen molar-refractivity contribution >= 4 is 11.9 Å². The van der Waals surface area contributed by atoms with Crippen LogP contribution < -0.4 is 0 Å². The molecular weight excluding hydrogens is 326 g/mol. The number of nitrogens with zero attached hydrogens (tertiary/aromatic N) is 1. The maximum absolute atomic E-state index is 12.8. The van der Waals surface area contributed by atoms with Crippen molar-refractivity contribution < 1.29 is 14.7 Å². The maximum Gasteiger partial charge on any atom is 0.335 e. The van der Waals surface area contributed by atoms with Gasteiger partial charge in [-0.05, 0) is 55.4 Å². The van der Waals surface area contributed by atoms with Gasteiger partial charge in [0, 0.05) is 19.0 Å². The number of carbonyl (C=O) groups is 2. The fourth-order valence-electron chi connectivity index (χ4n) is 3.64. The molecule has 1 aliphatic heterocycles. The SMILES string of the molecule is O=C(O)c1ccc(CCC(=O)N2CCCCC2Cc2ccccc2)cc1. The predicted octanol–water partition coefficient (Wildman–Crippen LogP) is 3.94. The Bertz CT molecular complexity index is 740. The van der Waals surface area contributed by atoms with E-state index < -0.39 is 5.97 Å². The van der Waals surface area contributed by atoms with Gasteiger partial charge in [0.2, 0.25) is 5.91 Å². The van der Waals surface area contributed by atoms with Gasteiger partial charge < -0.3 is 10.0 Å². The van der Waals surface area contributed by atoms with Crippen LogP contribution in [-0.4, -0.2) is 34.5 Å². The summed E-state index contributed by atoms with van der Waals surface area (Å²) in [5, 5.41) is 8.95. The van der Waals surface area contributed by atoms with Crippen molar-refractivity contribution in [3.05, 3.63) is 71.3 Å². The third-order valence-electron chi connectivity index (χ3n) is 5.09. The number of hydrogen-bond acceptors (Lipinski definition) is 2. The molecule has 1 unspecified atom stereocenters. The molecule has 1 heterocycles. The fraction of sp³-hybridized carbons (Fsp3) is 0.364. The number of benzene rings is 2. The second-order valence-electron chi connectivity index (χ2n) is 6.93. The molecule has 0 saturated carbocycles. The van der Waals surface area contributed by atoms with Gasteiger partial charge in [0.15, 0.2) is 0 Å². The van der Waals surface area contributed by atoms with Gasteiger partial charge in [-0.2, -0.15) is 0 Å². The first kappa shape index (κ1) is 18.2. The minimum atomic E-state index is -0.926. The minimum Gasteiger partial charge on any atom is -0.478 e. The molecule has 1 amide bonds. The van der Waals surface area contributed by atoms with E-state index >= 15 is 0 Å². The number of rotatable bonds is 6. The Morgan fingerprint density at radius 3 is 2.38 bits per heavy atom. The van der Waals surface area contributed by atoms with Crippen LogP contribution in [-0.2, 0) is 17.6 Å². The lowest BCUT2D eigenvalue weighted by atomic mass is 9.95. The normalized spacial score (nSPS) is 17.1. The summed E-state index contributed by atoms with van der Waals surface area (Å²) in [5.74, 6) is -0.724. The standard InChI is InChI=1S/C22H25NO3/c24-21(14-11-17-9-12-19(13-10-17)22(25)26)23-15-5-4-8-20(23)16-18-6-2-1-3-7-18/h1-3,6-7,9-10,12-13,20H,4-5,8,11,14-16H2,(H,25,26). The lowest BCUT2D eigenvalue weighted by Crippen LogP contribution is -2.44. The topological polar surface area (TPSA) is 57.6 Å². The Labute approximate surface area is 154 Å². The van der Waals surface area contributed by atoms with Gasteiger partial charge in [0.05, 0.1) is 5.56 Å². The number of carbonyl (C=O) groups excluding carboxylic acids is 1. The summed E-state index contributed by atoms with van der Waals surface area (Å²) in [6.45, 7) is 0.842. The summed E-state index contributed by atoms with van der Waals surface area (Å²) in [6, 6.07) is 17.4. The number of amides is 1. The van der Waals surface area contributed by atoms with Gasteiger partial charge in [0.25, 0.3) is 0 Å². The van der Waals surface area contributed by atoms with E-state index in [1.54, 1.807) is 24.3 Å². The third kappa shape index (κ3) is 4.72. The largest absolute Gasteiger partial charge is 0.478 e. The highest BCUT2D eigenvalue weighted by atomic mass is 16.4. The van der Waals surface area contributed by atoms with E-state index in [0.717, 1.165) is 31.4 Å². The number of likely N-dealkylation sites (tertiary alicyclic amines) is 1. The van der Waals surface area contributed by atoms with Crippen LogP contribution in [0.15, 0.2) is 54.6 Å².